The molecule has 20 heavy (non-hydrogen) atoms. The molecule has 1 heterocycles. The van der Waals surface area contributed by atoms with Crippen LogP contribution in [0.2, 0.25) is 0 Å². The fourth-order valence-corrected chi connectivity index (χ4v) is 2.76. The van der Waals surface area contributed by atoms with Gasteiger partial charge in [-0.1, -0.05) is 0 Å². The first-order valence-corrected chi connectivity index (χ1v) is 7.09. The number of carboxylic acids is 1. The molecule has 2 aromatic rings. The van der Waals surface area contributed by atoms with E-state index in [-0.39, 0.29) is 10.5 Å². The van der Waals surface area contributed by atoms with E-state index in [9.17, 15) is 13.2 Å². The minimum absolute atomic E-state index is 0.0196. The number of benzene rings is 1. The number of carbonyl (C=O) groups is 1. The lowest BCUT2D eigenvalue weighted by molar-refractivity contribution is 0.0696. The summed E-state index contributed by atoms with van der Waals surface area (Å²) in [6.45, 7) is 1.61. The van der Waals surface area contributed by atoms with E-state index < -0.39 is 22.0 Å². The number of aromatic nitrogens is 3. The molecule has 0 spiro atoms. The largest absolute Gasteiger partial charge is 0.478 e. The summed E-state index contributed by atoms with van der Waals surface area (Å²) >= 11 is 0. The lowest BCUT2D eigenvalue weighted by atomic mass is 10.2. The highest BCUT2D eigenvalue weighted by Gasteiger charge is 2.20. The Kier molecular flexibility index (Phi) is 3.81. The molecule has 9 heteroatoms. The SMILES string of the molecule is CC(NS(=O)(=O)c1ccc(C(=O)O)cc1)c1ncn[nH]1. The molecule has 1 unspecified atom stereocenters. The van der Waals surface area contributed by atoms with Crippen molar-refractivity contribution in [1.82, 2.24) is 19.9 Å². The van der Waals surface area contributed by atoms with E-state index in [0.29, 0.717) is 5.82 Å². The van der Waals surface area contributed by atoms with Crippen LogP contribution in [0.5, 0.6) is 0 Å². The molecule has 106 valence electrons. The summed E-state index contributed by atoms with van der Waals surface area (Å²) in [5.41, 5.74) is 0.0206. The third kappa shape index (κ3) is 3.00. The van der Waals surface area contributed by atoms with Gasteiger partial charge in [-0.25, -0.2) is 22.9 Å². The Bertz CT molecular complexity index is 695. The summed E-state index contributed by atoms with van der Waals surface area (Å²) in [6, 6.07) is 4.35. The van der Waals surface area contributed by atoms with Gasteiger partial charge < -0.3 is 5.11 Å². The van der Waals surface area contributed by atoms with E-state index in [1.807, 2.05) is 0 Å². The molecule has 0 aliphatic rings. The molecule has 0 aliphatic heterocycles. The normalized spacial score (nSPS) is 13.1. The Hall–Kier alpha value is -2.26. The van der Waals surface area contributed by atoms with Crippen LogP contribution >= 0.6 is 0 Å². The summed E-state index contributed by atoms with van der Waals surface area (Å²) < 4.78 is 26.6. The monoisotopic (exact) mass is 296 g/mol. The fourth-order valence-electron chi connectivity index (χ4n) is 1.56. The molecule has 0 fully saturated rings. The zero-order chi connectivity index (χ0) is 14.8. The van der Waals surface area contributed by atoms with Gasteiger partial charge >= 0.3 is 5.97 Å². The fraction of sp³-hybridized carbons (Fsp3) is 0.182. The first-order chi connectivity index (χ1) is 9.40. The average Bonchev–Trinajstić information content (AvgIpc) is 2.92. The van der Waals surface area contributed by atoms with E-state index in [0.717, 1.165) is 0 Å². The van der Waals surface area contributed by atoms with E-state index in [4.69, 9.17) is 5.11 Å². The second kappa shape index (κ2) is 5.39. The Balaban J connectivity index is 2.20. The van der Waals surface area contributed by atoms with Crippen molar-refractivity contribution in [3.05, 3.63) is 42.0 Å². The summed E-state index contributed by atoms with van der Waals surface area (Å²) in [5.74, 6) is -0.729. The van der Waals surface area contributed by atoms with Gasteiger partial charge in [-0.2, -0.15) is 5.10 Å². The van der Waals surface area contributed by atoms with Crippen molar-refractivity contribution >= 4 is 16.0 Å². The topological polar surface area (TPSA) is 125 Å². The smallest absolute Gasteiger partial charge is 0.335 e. The van der Waals surface area contributed by atoms with Crippen molar-refractivity contribution in [1.29, 1.82) is 0 Å². The van der Waals surface area contributed by atoms with Crippen LogP contribution in [0.15, 0.2) is 35.5 Å². The second-order valence-electron chi connectivity index (χ2n) is 4.04. The number of rotatable bonds is 5. The van der Waals surface area contributed by atoms with Gasteiger partial charge in [-0.05, 0) is 31.2 Å². The Morgan fingerprint density at radius 2 is 2.00 bits per heavy atom. The van der Waals surface area contributed by atoms with Crippen LogP contribution in [-0.4, -0.2) is 34.7 Å². The number of aromatic amines is 1. The van der Waals surface area contributed by atoms with Crippen molar-refractivity contribution in [2.45, 2.75) is 17.9 Å². The zero-order valence-electron chi connectivity index (χ0n) is 10.4. The molecule has 1 aromatic carbocycles. The minimum Gasteiger partial charge on any atom is -0.478 e. The number of nitrogens with zero attached hydrogens (tertiary/aromatic N) is 2. The number of carboxylic acid groups (broad SMARTS) is 1. The summed E-state index contributed by atoms with van der Waals surface area (Å²) in [7, 11) is -3.76. The molecule has 0 saturated heterocycles. The molecule has 1 atom stereocenters. The summed E-state index contributed by atoms with van der Waals surface area (Å²) in [4.78, 5) is 14.6. The van der Waals surface area contributed by atoms with E-state index in [1.54, 1.807) is 6.92 Å². The van der Waals surface area contributed by atoms with Crippen molar-refractivity contribution in [2.75, 3.05) is 0 Å². The number of sulfonamides is 1. The Labute approximate surface area is 114 Å². The number of hydrogen-bond donors (Lipinski definition) is 3. The molecule has 0 saturated carbocycles. The maximum absolute atomic E-state index is 12.1. The van der Waals surface area contributed by atoms with Crippen LogP contribution in [0.3, 0.4) is 0 Å². The van der Waals surface area contributed by atoms with E-state index in [2.05, 4.69) is 19.9 Å². The zero-order valence-corrected chi connectivity index (χ0v) is 11.3. The van der Waals surface area contributed by atoms with Crippen LogP contribution in [0, 0.1) is 0 Å². The first-order valence-electron chi connectivity index (χ1n) is 5.61. The van der Waals surface area contributed by atoms with Gasteiger partial charge in [0.15, 0.2) is 0 Å². The molecule has 8 nitrogen and oxygen atoms in total. The third-order valence-corrected chi connectivity index (χ3v) is 4.14. The van der Waals surface area contributed by atoms with Gasteiger partial charge in [0.2, 0.25) is 10.0 Å². The lowest BCUT2D eigenvalue weighted by Crippen LogP contribution is -2.27. The molecule has 0 amide bonds. The van der Waals surface area contributed by atoms with Gasteiger partial charge in [0.1, 0.15) is 12.2 Å². The molecule has 0 radical (unpaired) electrons. The number of hydrogen-bond acceptors (Lipinski definition) is 5. The van der Waals surface area contributed by atoms with E-state index in [1.165, 1.54) is 30.6 Å². The maximum atomic E-state index is 12.1. The third-order valence-electron chi connectivity index (χ3n) is 2.59. The van der Waals surface area contributed by atoms with Crippen LogP contribution in [0.4, 0.5) is 0 Å². The Morgan fingerprint density at radius 1 is 1.35 bits per heavy atom. The van der Waals surface area contributed by atoms with Crippen LogP contribution in [-0.2, 0) is 10.0 Å². The standard InChI is InChI=1S/C11H12N4O4S/c1-7(10-12-6-13-14-10)15-20(18,19)9-4-2-8(3-5-9)11(16)17/h2-7,15H,1H3,(H,16,17)(H,12,13,14). The van der Waals surface area contributed by atoms with Crippen molar-refractivity contribution in [3.8, 4) is 0 Å². The molecule has 1 aromatic heterocycles. The maximum Gasteiger partial charge on any atom is 0.335 e. The van der Waals surface area contributed by atoms with Crippen LogP contribution in [0.25, 0.3) is 0 Å². The first kappa shape index (κ1) is 14.2. The molecule has 0 bridgehead atoms. The van der Waals surface area contributed by atoms with Gasteiger partial charge in [0.25, 0.3) is 0 Å². The van der Waals surface area contributed by atoms with Gasteiger partial charge in [0.05, 0.1) is 16.5 Å². The predicted octanol–water partition coefficient (Wildman–Crippen LogP) is 0.542. The molecule has 3 N–H and O–H groups in total. The highest BCUT2D eigenvalue weighted by atomic mass is 32.2. The number of nitrogens with one attached hydrogen (secondary N) is 2. The number of H-pyrrole nitrogens is 1. The molecule has 2 rings (SSSR count). The average molecular weight is 296 g/mol. The quantitative estimate of drug-likeness (QED) is 0.739. The molecular formula is C11H12N4O4S. The van der Waals surface area contributed by atoms with Crippen LogP contribution in [0.1, 0.15) is 29.1 Å². The van der Waals surface area contributed by atoms with Gasteiger partial charge in [-0.3, -0.25) is 5.10 Å². The summed E-state index contributed by atoms with van der Waals surface area (Å²) in [5, 5.41) is 15.0. The Morgan fingerprint density at radius 3 is 2.50 bits per heavy atom. The van der Waals surface area contributed by atoms with Gasteiger partial charge in [-0.15, -0.1) is 0 Å². The second-order valence-corrected chi connectivity index (χ2v) is 5.76. The molecule has 0 aliphatic carbocycles. The van der Waals surface area contributed by atoms with Crippen molar-refractivity contribution < 1.29 is 18.3 Å². The van der Waals surface area contributed by atoms with Gasteiger partial charge in [0, 0.05) is 0 Å². The minimum atomic E-state index is -3.76. The molecular weight excluding hydrogens is 284 g/mol. The summed E-state index contributed by atoms with van der Waals surface area (Å²) in [6.07, 6.45) is 1.28. The van der Waals surface area contributed by atoms with Crippen molar-refractivity contribution in [3.63, 3.8) is 0 Å². The van der Waals surface area contributed by atoms with Crippen molar-refractivity contribution in [2.24, 2.45) is 0 Å². The predicted molar refractivity (Wildman–Crippen MR) is 68.5 cm³/mol. The van der Waals surface area contributed by atoms with E-state index >= 15 is 0 Å². The highest BCUT2D eigenvalue weighted by Crippen LogP contribution is 2.14. The van der Waals surface area contributed by atoms with Crippen LogP contribution < -0.4 is 4.72 Å². The number of aromatic carboxylic acids is 1. The lowest BCUT2D eigenvalue weighted by Gasteiger charge is -2.11. The highest BCUT2D eigenvalue weighted by molar-refractivity contribution is 7.89.